The molecule has 2 heterocycles. The Bertz CT molecular complexity index is 1030. The molecule has 0 bridgehead atoms. The molecule has 1 aliphatic rings. The smallest absolute Gasteiger partial charge is 0.241 e. The monoisotopic (exact) mass is 385 g/mol. The lowest BCUT2D eigenvalue weighted by Crippen LogP contribution is -2.23. The number of ether oxygens (including phenoxy) is 2. The Hall–Kier alpha value is -2.84. The van der Waals surface area contributed by atoms with Gasteiger partial charge in [0.1, 0.15) is 0 Å². The summed E-state index contributed by atoms with van der Waals surface area (Å²) in [5, 5.41) is 4.40. The van der Waals surface area contributed by atoms with Crippen LogP contribution in [-0.2, 0) is 16.6 Å². The van der Waals surface area contributed by atoms with Gasteiger partial charge >= 0.3 is 0 Å². The topological polar surface area (TPSA) is 82.5 Å². The van der Waals surface area contributed by atoms with E-state index in [1.165, 1.54) is 12.1 Å². The van der Waals surface area contributed by atoms with Crippen molar-refractivity contribution in [1.82, 2.24) is 14.5 Å². The van der Waals surface area contributed by atoms with Gasteiger partial charge < -0.3 is 9.47 Å². The summed E-state index contributed by atoms with van der Waals surface area (Å²) >= 11 is 0. The van der Waals surface area contributed by atoms with Crippen molar-refractivity contribution in [3.63, 3.8) is 0 Å². The number of benzene rings is 2. The minimum absolute atomic E-state index is 0.0939. The molecule has 0 aliphatic carbocycles. The molecule has 0 saturated carbocycles. The molecule has 7 nitrogen and oxygen atoms in total. The molecule has 0 fully saturated rings. The molecule has 0 amide bonds. The van der Waals surface area contributed by atoms with Crippen LogP contribution < -0.4 is 14.2 Å². The minimum Gasteiger partial charge on any atom is -0.490 e. The first-order valence-electron chi connectivity index (χ1n) is 8.61. The fourth-order valence-corrected chi connectivity index (χ4v) is 3.76. The molecule has 1 aliphatic heterocycles. The first kappa shape index (κ1) is 17.6. The number of rotatable bonds is 5. The Kier molecular flexibility index (Phi) is 4.83. The van der Waals surface area contributed by atoms with Crippen LogP contribution in [0.5, 0.6) is 11.5 Å². The highest BCUT2D eigenvalue weighted by atomic mass is 32.2. The molecule has 0 saturated heterocycles. The van der Waals surface area contributed by atoms with Crippen LogP contribution in [0.25, 0.3) is 5.69 Å². The van der Waals surface area contributed by atoms with E-state index in [0.717, 1.165) is 12.1 Å². The van der Waals surface area contributed by atoms with Crippen LogP contribution in [0.1, 0.15) is 12.1 Å². The van der Waals surface area contributed by atoms with Gasteiger partial charge in [0.2, 0.25) is 10.0 Å². The molecular weight excluding hydrogens is 366 g/mol. The molecule has 0 spiro atoms. The number of nitrogens with zero attached hydrogens (tertiary/aromatic N) is 2. The first-order chi connectivity index (χ1) is 13.1. The zero-order valence-corrected chi connectivity index (χ0v) is 15.4. The maximum Gasteiger partial charge on any atom is 0.241 e. The van der Waals surface area contributed by atoms with Gasteiger partial charge in [-0.2, -0.15) is 5.10 Å². The van der Waals surface area contributed by atoms with E-state index >= 15 is 0 Å². The third-order valence-corrected chi connectivity index (χ3v) is 5.54. The summed E-state index contributed by atoms with van der Waals surface area (Å²) in [6.45, 7) is 1.15. The first-order valence-corrected chi connectivity index (χ1v) is 10.1. The second-order valence-corrected chi connectivity index (χ2v) is 7.84. The van der Waals surface area contributed by atoms with Gasteiger partial charge in [0.15, 0.2) is 11.5 Å². The summed E-state index contributed by atoms with van der Waals surface area (Å²) in [5.41, 5.74) is 1.53. The SMILES string of the molecule is O=S(=O)(NCc1ccn(-c2ccccc2)n1)c1ccc2c(c1)OCCCO2. The maximum atomic E-state index is 12.6. The highest BCUT2D eigenvalue weighted by Crippen LogP contribution is 2.31. The van der Waals surface area contributed by atoms with E-state index in [9.17, 15) is 8.42 Å². The summed E-state index contributed by atoms with van der Waals surface area (Å²) in [6, 6.07) is 16.0. The van der Waals surface area contributed by atoms with E-state index in [4.69, 9.17) is 9.47 Å². The summed E-state index contributed by atoms with van der Waals surface area (Å²) < 4.78 is 40.6. The number of nitrogens with one attached hydrogen (secondary N) is 1. The number of fused-ring (bicyclic) bond motifs is 1. The molecule has 27 heavy (non-hydrogen) atoms. The summed E-state index contributed by atoms with van der Waals surface area (Å²) in [6.07, 6.45) is 2.56. The van der Waals surface area contributed by atoms with Crippen molar-refractivity contribution >= 4 is 10.0 Å². The van der Waals surface area contributed by atoms with Crippen molar-refractivity contribution in [2.75, 3.05) is 13.2 Å². The second-order valence-electron chi connectivity index (χ2n) is 6.07. The van der Waals surface area contributed by atoms with Crippen molar-refractivity contribution in [2.45, 2.75) is 17.9 Å². The van der Waals surface area contributed by atoms with Crippen LogP contribution in [0.3, 0.4) is 0 Å². The molecule has 0 unspecified atom stereocenters. The summed E-state index contributed by atoms with van der Waals surface area (Å²) in [4.78, 5) is 0.134. The Morgan fingerprint density at radius 2 is 1.78 bits per heavy atom. The number of hydrogen-bond donors (Lipinski definition) is 1. The van der Waals surface area contributed by atoms with Crippen molar-refractivity contribution in [3.8, 4) is 17.2 Å². The normalized spacial score (nSPS) is 13.9. The van der Waals surface area contributed by atoms with E-state index in [-0.39, 0.29) is 11.4 Å². The van der Waals surface area contributed by atoms with Gasteiger partial charge in [0.05, 0.1) is 36.0 Å². The molecular formula is C19H19N3O4S. The predicted octanol–water partition coefficient (Wildman–Crippen LogP) is 2.51. The van der Waals surface area contributed by atoms with Crippen LogP contribution in [-0.4, -0.2) is 31.4 Å². The fourth-order valence-electron chi connectivity index (χ4n) is 2.74. The zero-order valence-electron chi connectivity index (χ0n) is 14.5. The zero-order chi connectivity index (χ0) is 18.7. The summed E-state index contributed by atoms with van der Waals surface area (Å²) in [7, 11) is -3.69. The largest absolute Gasteiger partial charge is 0.490 e. The van der Waals surface area contributed by atoms with Crippen molar-refractivity contribution < 1.29 is 17.9 Å². The lowest BCUT2D eigenvalue weighted by molar-refractivity contribution is 0.297. The fraction of sp³-hybridized carbons (Fsp3) is 0.211. The number of para-hydroxylation sites is 1. The van der Waals surface area contributed by atoms with Gasteiger partial charge in [-0.05, 0) is 30.3 Å². The van der Waals surface area contributed by atoms with Gasteiger partial charge in [-0.1, -0.05) is 18.2 Å². The Morgan fingerprint density at radius 3 is 2.59 bits per heavy atom. The lowest BCUT2D eigenvalue weighted by Gasteiger charge is -2.10. The average molecular weight is 385 g/mol. The average Bonchev–Trinajstić information content (AvgIpc) is 3.04. The third kappa shape index (κ3) is 3.96. The highest BCUT2D eigenvalue weighted by Gasteiger charge is 2.19. The van der Waals surface area contributed by atoms with Crippen LogP contribution in [0.4, 0.5) is 0 Å². The number of aromatic nitrogens is 2. The van der Waals surface area contributed by atoms with E-state index < -0.39 is 10.0 Å². The van der Waals surface area contributed by atoms with Crippen LogP contribution in [0, 0.1) is 0 Å². The van der Waals surface area contributed by atoms with Crippen LogP contribution in [0.15, 0.2) is 65.7 Å². The number of sulfonamides is 1. The summed E-state index contributed by atoms with van der Waals surface area (Å²) in [5.74, 6) is 1.01. The molecule has 0 atom stereocenters. The molecule has 8 heteroatoms. The quantitative estimate of drug-likeness (QED) is 0.730. The Balaban J connectivity index is 1.48. The van der Waals surface area contributed by atoms with Crippen molar-refractivity contribution in [1.29, 1.82) is 0 Å². The third-order valence-electron chi connectivity index (χ3n) is 4.14. The van der Waals surface area contributed by atoms with Gasteiger partial charge in [-0.15, -0.1) is 0 Å². The van der Waals surface area contributed by atoms with Gasteiger partial charge in [0, 0.05) is 18.7 Å². The van der Waals surface area contributed by atoms with Gasteiger partial charge in [-0.3, -0.25) is 0 Å². The van der Waals surface area contributed by atoms with Crippen LogP contribution in [0.2, 0.25) is 0 Å². The van der Waals surface area contributed by atoms with Crippen LogP contribution >= 0.6 is 0 Å². The maximum absolute atomic E-state index is 12.6. The standard InChI is InChI=1S/C19H19N3O4S/c23-27(24,17-7-8-18-19(13-17)26-12-4-11-25-18)20-14-15-9-10-22(21-15)16-5-2-1-3-6-16/h1-3,5-10,13,20H,4,11-12,14H2. The Morgan fingerprint density at radius 1 is 1.00 bits per heavy atom. The highest BCUT2D eigenvalue weighted by molar-refractivity contribution is 7.89. The van der Waals surface area contributed by atoms with Crippen molar-refractivity contribution in [2.24, 2.45) is 0 Å². The molecule has 3 aromatic rings. The molecule has 1 aromatic heterocycles. The minimum atomic E-state index is -3.69. The van der Waals surface area contributed by atoms with Gasteiger partial charge in [-0.25, -0.2) is 17.8 Å². The molecule has 140 valence electrons. The van der Waals surface area contributed by atoms with E-state index in [1.54, 1.807) is 23.0 Å². The van der Waals surface area contributed by atoms with Gasteiger partial charge in [0.25, 0.3) is 0 Å². The van der Waals surface area contributed by atoms with E-state index in [1.807, 2.05) is 30.3 Å². The molecule has 2 aromatic carbocycles. The number of hydrogen-bond acceptors (Lipinski definition) is 5. The lowest BCUT2D eigenvalue weighted by atomic mass is 10.3. The molecule has 1 N–H and O–H groups in total. The predicted molar refractivity (Wildman–Crippen MR) is 99.6 cm³/mol. The van der Waals surface area contributed by atoms with E-state index in [2.05, 4.69) is 9.82 Å². The van der Waals surface area contributed by atoms with E-state index in [0.29, 0.717) is 30.4 Å². The second kappa shape index (κ2) is 7.42. The molecule has 0 radical (unpaired) electrons. The van der Waals surface area contributed by atoms with Crippen molar-refractivity contribution in [3.05, 3.63) is 66.5 Å². The molecule has 4 rings (SSSR count). The Labute approximate surface area is 157 Å².